The highest BCUT2D eigenvalue weighted by Gasteiger charge is 2.44. The van der Waals surface area contributed by atoms with Crippen molar-refractivity contribution in [2.45, 2.75) is 268 Å². The third-order valence-electron chi connectivity index (χ3n) is 11.8. The Morgan fingerprint density at radius 1 is 0.586 bits per heavy atom. The molecule has 0 aromatic carbocycles. The van der Waals surface area contributed by atoms with Crippen molar-refractivity contribution in [3.05, 3.63) is 12.2 Å². The minimum Gasteiger partial charge on any atom is -0.394 e. The summed E-state index contributed by atoms with van der Waals surface area (Å²) in [4.78, 5) is 13.1. The maximum absolute atomic E-state index is 13.1. The number of unbranched alkanes of at least 4 members (excludes halogenated alkanes) is 26. The summed E-state index contributed by atoms with van der Waals surface area (Å²) in [6.45, 7) is 3.43. The predicted octanol–water partition coefficient (Wildman–Crippen LogP) is 8.06. The molecular formula is C47H91NO10. The largest absolute Gasteiger partial charge is 0.394 e. The zero-order valence-electron chi connectivity index (χ0n) is 37.0. The zero-order chi connectivity index (χ0) is 42.6. The molecule has 344 valence electrons. The number of aliphatic hydroxyl groups excluding tert-OH is 7. The van der Waals surface area contributed by atoms with Gasteiger partial charge >= 0.3 is 0 Å². The molecule has 9 atom stereocenters. The Hall–Kier alpha value is -1.15. The van der Waals surface area contributed by atoms with Gasteiger partial charge in [0.2, 0.25) is 5.91 Å². The highest BCUT2D eigenvalue weighted by Crippen LogP contribution is 2.23. The molecule has 11 heteroatoms. The summed E-state index contributed by atoms with van der Waals surface area (Å²) in [5, 5.41) is 75.6. The Morgan fingerprint density at radius 2 is 1.00 bits per heavy atom. The summed E-state index contributed by atoms with van der Waals surface area (Å²) >= 11 is 0. The first kappa shape index (κ1) is 54.9. The SMILES string of the molecule is CCCCCCCC/C=C\CCCCCCCCCCCC[C@@H](O)C(=O)N[C@@H](CO[C@@H]1OC(CO)[C@@H](O)C(O)C1O)[C@H](O)[C@H](O)CCCCCCCCCCCCC. The molecule has 0 aromatic rings. The molecule has 0 radical (unpaired) electrons. The Kier molecular flexibility index (Phi) is 35.6. The van der Waals surface area contributed by atoms with Gasteiger partial charge in [-0.05, 0) is 38.5 Å². The molecule has 3 unspecified atom stereocenters. The Labute approximate surface area is 353 Å². The van der Waals surface area contributed by atoms with Gasteiger partial charge in [-0.15, -0.1) is 0 Å². The van der Waals surface area contributed by atoms with Crippen LogP contribution in [0.5, 0.6) is 0 Å². The number of allylic oxidation sites excluding steroid dienone is 2. The van der Waals surface area contributed by atoms with Gasteiger partial charge in [-0.2, -0.15) is 0 Å². The van der Waals surface area contributed by atoms with Gasteiger partial charge in [0.05, 0.1) is 25.4 Å². The lowest BCUT2D eigenvalue weighted by Gasteiger charge is -2.40. The molecule has 1 aliphatic rings. The van der Waals surface area contributed by atoms with E-state index in [1.165, 1.54) is 135 Å². The highest BCUT2D eigenvalue weighted by atomic mass is 16.7. The van der Waals surface area contributed by atoms with Crippen molar-refractivity contribution in [1.29, 1.82) is 0 Å². The first-order valence-electron chi connectivity index (χ1n) is 24.1. The van der Waals surface area contributed by atoms with Gasteiger partial charge in [0.15, 0.2) is 6.29 Å². The van der Waals surface area contributed by atoms with Crippen molar-refractivity contribution >= 4 is 5.91 Å². The molecule has 8 N–H and O–H groups in total. The maximum atomic E-state index is 13.1. The molecule has 11 nitrogen and oxygen atoms in total. The number of carbonyl (C=O) groups is 1. The monoisotopic (exact) mass is 830 g/mol. The van der Waals surface area contributed by atoms with Crippen LogP contribution in [0.25, 0.3) is 0 Å². The Bertz CT molecular complexity index is 954. The lowest BCUT2D eigenvalue weighted by molar-refractivity contribution is -0.303. The number of rotatable bonds is 40. The summed E-state index contributed by atoms with van der Waals surface area (Å²) in [6.07, 6.45) is 28.3. The second kappa shape index (κ2) is 37.6. The van der Waals surface area contributed by atoms with E-state index in [1.807, 2.05) is 0 Å². The van der Waals surface area contributed by atoms with Crippen molar-refractivity contribution in [2.24, 2.45) is 0 Å². The fraction of sp³-hybridized carbons (Fsp3) is 0.936. The van der Waals surface area contributed by atoms with Gasteiger partial charge in [0.1, 0.15) is 36.6 Å². The minimum absolute atomic E-state index is 0.261. The quantitative estimate of drug-likeness (QED) is 0.0222. The highest BCUT2D eigenvalue weighted by molar-refractivity contribution is 5.80. The molecule has 0 bridgehead atoms. The molecule has 1 saturated heterocycles. The van der Waals surface area contributed by atoms with Crippen LogP contribution < -0.4 is 5.32 Å². The summed E-state index contributed by atoms with van der Waals surface area (Å²) in [7, 11) is 0. The molecule has 1 aliphatic heterocycles. The zero-order valence-corrected chi connectivity index (χ0v) is 37.0. The summed E-state index contributed by atoms with van der Waals surface area (Å²) < 4.78 is 11.1. The van der Waals surface area contributed by atoms with E-state index in [9.17, 15) is 40.5 Å². The Balaban J connectivity index is 2.39. The van der Waals surface area contributed by atoms with Crippen LogP contribution in [0.2, 0.25) is 0 Å². The Morgan fingerprint density at radius 3 is 1.45 bits per heavy atom. The number of ether oxygens (including phenoxy) is 2. The van der Waals surface area contributed by atoms with Crippen LogP contribution in [-0.4, -0.2) is 110 Å². The fourth-order valence-electron chi connectivity index (χ4n) is 7.79. The van der Waals surface area contributed by atoms with E-state index in [0.717, 1.165) is 38.5 Å². The first-order valence-corrected chi connectivity index (χ1v) is 24.1. The molecule has 0 saturated carbocycles. The van der Waals surface area contributed by atoms with Gasteiger partial charge in [-0.3, -0.25) is 4.79 Å². The summed E-state index contributed by atoms with van der Waals surface area (Å²) in [5.41, 5.74) is 0. The predicted molar refractivity (Wildman–Crippen MR) is 233 cm³/mol. The van der Waals surface area contributed by atoms with Crippen molar-refractivity contribution < 1.29 is 50.0 Å². The molecule has 0 spiro atoms. The number of aliphatic hydroxyl groups is 7. The summed E-state index contributed by atoms with van der Waals surface area (Å²) in [5.74, 6) is -0.698. The number of amides is 1. The van der Waals surface area contributed by atoms with E-state index in [1.54, 1.807) is 0 Å². The standard InChI is InChI=1S/C47H91NO10/c1-3-5-7-9-11-13-15-16-17-18-19-20-21-22-23-25-27-29-31-33-35-40(51)46(56)48-38(37-57-47-45(55)44(54)43(53)41(36-49)58-47)42(52)39(50)34-32-30-28-26-24-14-12-10-8-6-4-2/h16-17,38-45,47,49-55H,3-15,18-37H2,1-2H3,(H,48,56)/b17-16-/t38-,39+,40+,41?,42-,43+,44?,45?,47+/m0/s1. The number of nitrogens with one attached hydrogen (secondary N) is 1. The van der Waals surface area contributed by atoms with Crippen LogP contribution in [0, 0.1) is 0 Å². The van der Waals surface area contributed by atoms with Crippen molar-refractivity contribution in [3.63, 3.8) is 0 Å². The van der Waals surface area contributed by atoms with E-state index in [0.29, 0.717) is 19.3 Å². The van der Waals surface area contributed by atoms with Crippen LogP contribution in [0.1, 0.15) is 213 Å². The van der Waals surface area contributed by atoms with Gasteiger partial charge in [-0.25, -0.2) is 0 Å². The second-order valence-corrected chi connectivity index (χ2v) is 17.2. The third kappa shape index (κ3) is 26.9. The lowest BCUT2D eigenvalue weighted by atomic mass is 9.98. The minimum atomic E-state index is -1.66. The lowest BCUT2D eigenvalue weighted by Crippen LogP contribution is -2.60. The van der Waals surface area contributed by atoms with Crippen LogP contribution in [0.3, 0.4) is 0 Å². The van der Waals surface area contributed by atoms with E-state index < -0.39 is 74.2 Å². The van der Waals surface area contributed by atoms with Gasteiger partial charge in [-0.1, -0.05) is 187 Å². The van der Waals surface area contributed by atoms with Crippen molar-refractivity contribution in [3.8, 4) is 0 Å². The van der Waals surface area contributed by atoms with Crippen LogP contribution in [0.4, 0.5) is 0 Å². The maximum Gasteiger partial charge on any atom is 0.249 e. The molecule has 0 aromatic heterocycles. The van der Waals surface area contributed by atoms with Gasteiger partial charge in [0.25, 0.3) is 0 Å². The molecule has 1 heterocycles. The van der Waals surface area contributed by atoms with Crippen LogP contribution in [-0.2, 0) is 14.3 Å². The van der Waals surface area contributed by atoms with E-state index in [2.05, 4.69) is 31.3 Å². The molecule has 0 aliphatic carbocycles. The van der Waals surface area contributed by atoms with Crippen LogP contribution in [0.15, 0.2) is 12.2 Å². The van der Waals surface area contributed by atoms with Gasteiger partial charge in [0, 0.05) is 0 Å². The third-order valence-corrected chi connectivity index (χ3v) is 11.8. The van der Waals surface area contributed by atoms with E-state index in [-0.39, 0.29) is 6.42 Å². The topological polar surface area (TPSA) is 189 Å². The average molecular weight is 830 g/mol. The number of carbonyl (C=O) groups excluding carboxylic acids is 1. The normalized spacial score (nSPS) is 22.0. The van der Waals surface area contributed by atoms with E-state index in [4.69, 9.17) is 9.47 Å². The van der Waals surface area contributed by atoms with Gasteiger partial charge < -0.3 is 50.5 Å². The fourth-order valence-corrected chi connectivity index (χ4v) is 7.79. The summed E-state index contributed by atoms with van der Waals surface area (Å²) in [6, 6.07) is -1.16. The molecule has 58 heavy (non-hydrogen) atoms. The smallest absolute Gasteiger partial charge is 0.249 e. The average Bonchev–Trinajstić information content (AvgIpc) is 3.22. The molecule has 1 rings (SSSR count). The number of hydrogen-bond donors (Lipinski definition) is 8. The number of hydrogen-bond acceptors (Lipinski definition) is 10. The van der Waals surface area contributed by atoms with Crippen LogP contribution >= 0.6 is 0 Å². The molecule has 1 amide bonds. The molecule has 1 fully saturated rings. The molecular weight excluding hydrogens is 739 g/mol. The van der Waals surface area contributed by atoms with E-state index >= 15 is 0 Å². The first-order chi connectivity index (χ1) is 28.2. The van der Waals surface area contributed by atoms with Crippen molar-refractivity contribution in [2.75, 3.05) is 13.2 Å². The second-order valence-electron chi connectivity index (χ2n) is 17.2. The van der Waals surface area contributed by atoms with Crippen molar-refractivity contribution in [1.82, 2.24) is 5.32 Å².